The molecule has 3 atom stereocenters. The van der Waals surface area contributed by atoms with Crippen LogP contribution in [0, 0.1) is 11.8 Å². The lowest BCUT2D eigenvalue weighted by molar-refractivity contribution is -0.199. The molecule has 1 heterocycles. The molecular weight excluding hydrogens is 255 g/mol. The van der Waals surface area contributed by atoms with Crippen molar-refractivity contribution in [2.45, 2.75) is 44.3 Å². The van der Waals surface area contributed by atoms with Gasteiger partial charge in [-0.1, -0.05) is 12.8 Å². The topological polar surface area (TPSA) is 25.2 Å². The molecule has 19 heavy (non-hydrogen) atoms. The van der Waals surface area contributed by atoms with Crippen LogP contribution in [0.15, 0.2) is 23.0 Å². The third-order valence-corrected chi connectivity index (χ3v) is 4.16. The second-order valence-electron chi connectivity index (χ2n) is 5.33. The van der Waals surface area contributed by atoms with Gasteiger partial charge in [0.15, 0.2) is 0 Å². The number of likely N-dealkylation sites (N-methyl/N-ethyl adjacent to an activating group) is 1. The minimum atomic E-state index is -4.09. The molecule has 1 aromatic rings. The molecule has 0 aliphatic heterocycles. The summed E-state index contributed by atoms with van der Waals surface area (Å²) >= 11 is 0. The van der Waals surface area contributed by atoms with Crippen molar-refractivity contribution in [1.82, 2.24) is 5.32 Å². The third kappa shape index (κ3) is 3.53. The Morgan fingerprint density at radius 3 is 2.68 bits per heavy atom. The zero-order valence-electron chi connectivity index (χ0n) is 11.0. The highest BCUT2D eigenvalue weighted by atomic mass is 19.4. The van der Waals surface area contributed by atoms with Gasteiger partial charge in [-0.25, -0.2) is 0 Å². The normalized spacial score (nSPS) is 26.3. The van der Waals surface area contributed by atoms with Gasteiger partial charge in [0.25, 0.3) is 0 Å². The van der Waals surface area contributed by atoms with E-state index in [0.717, 1.165) is 12.0 Å². The van der Waals surface area contributed by atoms with Crippen LogP contribution in [-0.2, 0) is 6.42 Å². The first-order chi connectivity index (χ1) is 9.02. The predicted molar refractivity (Wildman–Crippen MR) is 66.8 cm³/mol. The fourth-order valence-corrected chi connectivity index (χ4v) is 3.18. The van der Waals surface area contributed by atoms with E-state index < -0.39 is 12.1 Å². The molecule has 2 nitrogen and oxygen atoms in total. The molecule has 1 fully saturated rings. The van der Waals surface area contributed by atoms with Crippen LogP contribution in [0.25, 0.3) is 0 Å². The molecule has 108 valence electrons. The Morgan fingerprint density at radius 2 is 2.11 bits per heavy atom. The Kier molecular flexibility index (Phi) is 4.55. The van der Waals surface area contributed by atoms with Crippen molar-refractivity contribution < 1.29 is 17.6 Å². The molecule has 1 saturated carbocycles. The van der Waals surface area contributed by atoms with Crippen LogP contribution >= 0.6 is 0 Å². The van der Waals surface area contributed by atoms with E-state index in [1.165, 1.54) is 0 Å². The standard InChI is InChI=1S/C14H20F3NO/c1-18-13(8-10-6-7-19-9-10)11-4-2-3-5-12(11)14(15,16)17/h6-7,9,11-13,18H,2-5,8H2,1H3. The van der Waals surface area contributed by atoms with Crippen molar-refractivity contribution in [2.24, 2.45) is 11.8 Å². The average molecular weight is 275 g/mol. The van der Waals surface area contributed by atoms with Gasteiger partial charge in [0.2, 0.25) is 0 Å². The fraction of sp³-hybridized carbons (Fsp3) is 0.714. The molecule has 0 saturated heterocycles. The lowest BCUT2D eigenvalue weighted by atomic mass is 9.73. The molecule has 0 radical (unpaired) electrons. The molecule has 3 unspecified atom stereocenters. The van der Waals surface area contributed by atoms with Gasteiger partial charge in [-0.2, -0.15) is 13.2 Å². The van der Waals surface area contributed by atoms with Gasteiger partial charge in [-0.05, 0) is 43.9 Å². The highest BCUT2D eigenvalue weighted by Gasteiger charge is 2.47. The van der Waals surface area contributed by atoms with Gasteiger partial charge in [0.05, 0.1) is 18.4 Å². The number of hydrogen-bond acceptors (Lipinski definition) is 2. The average Bonchev–Trinajstić information content (AvgIpc) is 2.88. The summed E-state index contributed by atoms with van der Waals surface area (Å²) in [5.74, 6) is -1.51. The largest absolute Gasteiger partial charge is 0.472 e. The predicted octanol–water partition coefficient (Wildman–Crippen LogP) is 3.78. The molecule has 1 N–H and O–H groups in total. The summed E-state index contributed by atoms with van der Waals surface area (Å²) in [6, 6.07) is 1.67. The highest BCUT2D eigenvalue weighted by molar-refractivity contribution is 5.08. The van der Waals surface area contributed by atoms with E-state index in [4.69, 9.17) is 4.42 Å². The first-order valence-corrected chi connectivity index (χ1v) is 6.77. The summed E-state index contributed by atoms with van der Waals surface area (Å²) in [7, 11) is 1.74. The maximum absolute atomic E-state index is 13.1. The van der Waals surface area contributed by atoms with Crippen molar-refractivity contribution >= 4 is 0 Å². The van der Waals surface area contributed by atoms with Gasteiger partial charge in [0.1, 0.15) is 0 Å². The summed E-state index contributed by atoms with van der Waals surface area (Å²) in [4.78, 5) is 0. The van der Waals surface area contributed by atoms with Gasteiger partial charge < -0.3 is 9.73 Å². The van der Waals surface area contributed by atoms with Crippen LogP contribution in [0.4, 0.5) is 13.2 Å². The number of rotatable bonds is 4. The lowest BCUT2D eigenvalue weighted by Gasteiger charge is -2.38. The molecule has 0 spiro atoms. The van der Waals surface area contributed by atoms with E-state index >= 15 is 0 Å². The molecule has 0 bridgehead atoms. The number of alkyl halides is 3. The summed E-state index contributed by atoms with van der Waals surface area (Å²) in [5, 5.41) is 3.07. The Morgan fingerprint density at radius 1 is 1.37 bits per heavy atom. The Labute approximate surface area is 111 Å². The third-order valence-electron chi connectivity index (χ3n) is 4.16. The molecule has 0 amide bonds. The highest BCUT2D eigenvalue weighted by Crippen LogP contribution is 2.43. The first-order valence-electron chi connectivity index (χ1n) is 6.77. The monoisotopic (exact) mass is 275 g/mol. The second kappa shape index (κ2) is 5.99. The number of halogens is 3. The van der Waals surface area contributed by atoms with Crippen molar-refractivity contribution in [1.29, 1.82) is 0 Å². The number of furan rings is 1. The van der Waals surface area contributed by atoms with Crippen LogP contribution in [0.3, 0.4) is 0 Å². The zero-order chi connectivity index (χ0) is 13.9. The zero-order valence-corrected chi connectivity index (χ0v) is 11.0. The van der Waals surface area contributed by atoms with Crippen molar-refractivity contribution in [3.05, 3.63) is 24.2 Å². The second-order valence-corrected chi connectivity index (χ2v) is 5.33. The lowest BCUT2D eigenvalue weighted by Crippen LogP contribution is -2.45. The molecular formula is C14H20F3NO. The summed E-state index contributed by atoms with van der Waals surface area (Å²) in [6.45, 7) is 0. The van der Waals surface area contributed by atoms with Crippen LogP contribution < -0.4 is 5.32 Å². The van der Waals surface area contributed by atoms with E-state index in [1.807, 2.05) is 6.07 Å². The Balaban J connectivity index is 2.10. The number of hydrogen-bond donors (Lipinski definition) is 1. The van der Waals surface area contributed by atoms with Crippen molar-refractivity contribution in [3.8, 4) is 0 Å². The first kappa shape index (κ1) is 14.4. The van der Waals surface area contributed by atoms with E-state index in [0.29, 0.717) is 19.3 Å². The van der Waals surface area contributed by atoms with Crippen LogP contribution in [0.1, 0.15) is 31.2 Å². The molecule has 1 aliphatic carbocycles. The molecule has 0 aromatic carbocycles. The quantitative estimate of drug-likeness (QED) is 0.904. The minimum absolute atomic E-state index is 0.149. The van der Waals surface area contributed by atoms with Gasteiger partial charge in [-0.15, -0.1) is 0 Å². The summed E-state index contributed by atoms with van der Waals surface area (Å²) < 4.78 is 44.4. The van der Waals surface area contributed by atoms with Gasteiger partial charge >= 0.3 is 6.18 Å². The summed E-state index contributed by atoms with van der Waals surface area (Å²) in [5.41, 5.74) is 0.950. The maximum Gasteiger partial charge on any atom is 0.392 e. The summed E-state index contributed by atoms with van der Waals surface area (Å²) in [6.07, 6.45) is 2.15. The van der Waals surface area contributed by atoms with E-state index in [-0.39, 0.29) is 18.4 Å². The number of nitrogens with one attached hydrogen (secondary N) is 1. The van der Waals surface area contributed by atoms with Crippen LogP contribution in [-0.4, -0.2) is 19.3 Å². The van der Waals surface area contributed by atoms with E-state index in [9.17, 15) is 13.2 Å². The molecule has 5 heteroatoms. The van der Waals surface area contributed by atoms with E-state index in [2.05, 4.69) is 5.32 Å². The van der Waals surface area contributed by atoms with Crippen LogP contribution in [0.5, 0.6) is 0 Å². The van der Waals surface area contributed by atoms with Crippen LogP contribution in [0.2, 0.25) is 0 Å². The van der Waals surface area contributed by atoms with Crippen molar-refractivity contribution in [3.63, 3.8) is 0 Å². The Bertz CT molecular complexity index is 375. The van der Waals surface area contributed by atoms with Gasteiger partial charge in [0, 0.05) is 6.04 Å². The maximum atomic E-state index is 13.1. The SMILES string of the molecule is CNC(Cc1ccoc1)C1CCCCC1C(F)(F)F. The fourth-order valence-electron chi connectivity index (χ4n) is 3.18. The molecule has 2 rings (SSSR count). The minimum Gasteiger partial charge on any atom is -0.472 e. The van der Waals surface area contributed by atoms with Gasteiger partial charge in [-0.3, -0.25) is 0 Å². The molecule has 1 aromatic heterocycles. The Hall–Kier alpha value is -0.970. The smallest absolute Gasteiger partial charge is 0.392 e. The van der Waals surface area contributed by atoms with Crippen molar-refractivity contribution in [2.75, 3.05) is 7.05 Å². The van der Waals surface area contributed by atoms with E-state index in [1.54, 1.807) is 19.6 Å². The molecule has 1 aliphatic rings.